The fourth-order valence-corrected chi connectivity index (χ4v) is 1.53. The van der Waals surface area contributed by atoms with Crippen molar-refractivity contribution < 1.29 is 4.74 Å². The molecule has 1 aromatic heterocycles. The molecule has 2 aromatic rings. The van der Waals surface area contributed by atoms with Crippen molar-refractivity contribution >= 4 is 29.8 Å². The van der Waals surface area contributed by atoms with Crippen LogP contribution in [0.2, 0.25) is 5.02 Å². The van der Waals surface area contributed by atoms with Gasteiger partial charge in [0.25, 0.3) is 0 Å². The lowest BCUT2D eigenvalue weighted by Crippen LogP contribution is -2.06. The van der Waals surface area contributed by atoms with Crippen LogP contribution in [0.1, 0.15) is 5.82 Å². The molecule has 0 radical (unpaired) electrons. The fraction of sp³-hybridized carbons (Fsp3) is 0.100. The van der Waals surface area contributed by atoms with Crippen molar-refractivity contribution in [3.8, 4) is 5.75 Å². The number of nitrogen functional groups attached to an aromatic ring is 1. The van der Waals surface area contributed by atoms with Gasteiger partial charge < -0.3 is 15.5 Å². The first kappa shape index (κ1) is 11.8. The van der Waals surface area contributed by atoms with E-state index in [1.165, 1.54) is 0 Å². The van der Waals surface area contributed by atoms with Crippen LogP contribution in [0.4, 0.5) is 5.95 Å². The van der Waals surface area contributed by atoms with Gasteiger partial charge in [-0.1, -0.05) is 11.6 Å². The van der Waals surface area contributed by atoms with E-state index in [0.29, 0.717) is 16.6 Å². The number of aromatic amines is 1. The molecule has 0 bridgehead atoms. The molecule has 0 atom stereocenters. The van der Waals surface area contributed by atoms with E-state index in [9.17, 15) is 0 Å². The van der Waals surface area contributed by atoms with E-state index in [1.54, 1.807) is 24.3 Å². The molecule has 0 spiro atoms. The number of nitrogens with two attached hydrogens (primary N) is 1. The summed E-state index contributed by atoms with van der Waals surface area (Å²) in [6.07, 6.45) is 0. The van der Waals surface area contributed by atoms with Crippen LogP contribution in [0.5, 0.6) is 5.75 Å². The highest BCUT2D eigenvalue weighted by atomic mass is 35.5. The number of halogens is 1. The van der Waals surface area contributed by atoms with Gasteiger partial charge in [0, 0.05) is 5.02 Å². The summed E-state index contributed by atoms with van der Waals surface area (Å²) in [6, 6.07) is 7.02. The number of anilines is 1. The van der Waals surface area contributed by atoms with Gasteiger partial charge in [-0.2, -0.15) is 4.98 Å². The van der Waals surface area contributed by atoms with Crippen molar-refractivity contribution in [2.75, 3.05) is 5.73 Å². The summed E-state index contributed by atoms with van der Waals surface area (Å²) in [4.78, 5) is 10.5. The Bertz CT molecular complexity index is 569. The second-order valence-electron chi connectivity index (χ2n) is 3.21. The highest BCUT2D eigenvalue weighted by Crippen LogP contribution is 2.16. The fourth-order valence-electron chi connectivity index (χ4n) is 1.20. The molecule has 0 saturated carbocycles. The second kappa shape index (κ2) is 5.11. The maximum Gasteiger partial charge on any atom is 0.224 e. The predicted octanol–water partition coefficient (Wildman–Crippen LogP) is 2.35. The summed E-state index contributed by atoms with van der Waals surface area (Å²) in [6.45, 7) is 0.234. The molecule has 0 fully saturated rings. The van der Waals surface area contributed by atoms with Gasteiger partial charge in [-0.25, -0.2) is 4.98 Å². The first-order valence-corrected chi connectivity index (χ1v) is 5.53. The molecule has 1 aromatic carbocycles. The summed E-state index contributed by atoms with van der Waals surface area (Å²) in [5, 5.41) is 0.656. The Morgan fingerprint density at radius 3 is 2.65 bits per heavy atom. The van der Waals surface area contributed by atoms with Gasteiger partial charge in [0.05, 0.1) is 0 Å². The van der Waals surface area contributed by atoms with Crippen molar-refractivity contribution in [1.29, 1.82) is 0 Å². The molecule has 0 amide bonds. The third-order valence-electron chi connectivity index (χ3n) is 1.91. The zero-order valence-corrected chi connectivity index (χ0v) is 10.3. The number of benzene rings is 1. The van der Waals surface area contributed by atoms with Gasteiger partial charge in [0.15, 0.2) is 0 Å². The average Bonchev–Trinajstić information content (AvgIpc) is 2.27. The maximum atomic E-state index is 5.76. The van der Waals surface area contributed by atoms with E-state index in [4.69, 9.17) is 34.3 Å². The Balaban J connectivity index is 2.07. The molecular weight excluding hydrogens is 260 g/mol. The zero-order chi connectivity index (χ0) is 12.3. The molecule has 0 aliphatic carbocycles. The predicted molar refractivity (Wildman–Crippen MR) is 67.4 cm³/mol. The minimum absolute atomic E-state index is 0.191. The van der Waals surface area contributed by atoms with Gasteiger partial charge in [-0.3, -0.25) is 0 Å². The van der Waals surface area contributed by atoms with Gasteiger partial charge in [-0.05, 0) is 36.5 Å². The van der Waals surface area contributed by atoms with Gasteiger partial charge in [0.1, 0.15) is 18.2 Å². The normalized spacial score (nSPS) is 10.2. The van der Waals surface area contributed by atoms with Crippen LogP contribution in [0.3, 0.4) is 0 Å². The van der Waals surface area contributed by atoms with E-state index in [1.807, 2.05) is 0 Å². The van der Waals surface area contributed by atoms with Crippen molar-refractivity contribution in [3.63, 3.8) is 0 Å². The van der Waals surface area contributed by atoms with Crippen LogP contribution < -0.4 is 10.5 Å². The number of nitrogens with one attached hydrogen (secondary N) is 1. The van der Waals surface area contributed by atoms with E-state index in [2.05, 4.69) is 15.0 Å². The quantitative estimate of drug-likeness (QED) is 0.836. The Morgan fingerprint density at radius 1 is 1.29 bits per heavy atom. The smallest absolute Gasteiger partial charge is 0.224 e. The first-order chi connectivity index (χ1) is 8.13. The number of ether oxygens (including phenoxy) is 1. The number of H-pyrrole nitrogens is 1. The average molecular weight is 269 g/mol. The number of hydrogen-bond acceptors (Lipinski definition) is 5. The Morgan fingerprint density at radius 2 is 2.00 bits per heavy atom. The second-order valence-corrected chi connectivity index (χ2v) is 4.01. The lowest BCUT2D eigenvalue weighted by molar-refractivity contribution is 0.295. The Kier molecular flexibility index (Phi) is 3.55. The lowest BCUT2D eigenvalue weighted by Gasteiger charge is -2.05. The SMILES string of the molecule is Nc1nc(=S)nc(COc2ccc(Cl)cc2)[nH]1. The summed E-state index contributed by atoms with van der Waals surface area (Å²) < 4.78 is 5.67. The summed E-state index contributed by atoms with van der Waals surface area (Å²) in [5.41, 5.74) is 5.50. The number of nitrogens with zero attached hydrogens (tertiary/aromatic N) is 2. The number of aromatic nitrogens is 3. The van der Waals surface area contributed by atoms with Crippen molar-refractivity contribution in [3.05, 3.63) is 39.9 Å². The molecule has 5 nitrogen and oxygen atoms in total. The van der Waals surface area contributed by atoms with Gasteiger partial charge in [0.2, 0.25) is 10.7 Å². The molecule has 2 rings (SSSR count). The minimum Gasteiger partial charge on any atom is -0.486 e. The molecule has 0 aliphatic heterocycles. The summed E-state index contributed by atoms with van der Waals surface area (Å²) >= 11 is 10.6. The van der Waals surface area contributed by atoms with Gasteiger partial charge >= 0.3 is 0 Å². The van der Waals surface area contributed by atoms with Crippen LogP contribution in [-0.4, -0.2) is 15.0 Å². The van der Waals surface area contributed by atoms with Crippen LogP contribution >= 0.6 is 23.8 Å². The minimum atomic E-state index is 0.191. The van der Waals surface area contributed by atoms with Crippen molar-refractivity contribution in [2.45, 2.75) is 6.61 Å². The third-order valence-corrected chi connectivity index (χ3v) is 2.34. The van der Waals surface area contributed by atoms with Crippen LogP contribution in [0.15, 0.2) is 24.3 Å². The summed E-state index contributed by atoms with van der Waals surface area (Å²) in [5.74, 6) is 1.43. The van der Waals surface area contributed by atoms with Crippen LogP contribution in [-0.2, 0) is 6.61 Å². The van der Waals surface area contributed by atoms with Gasteiger partial charge in [-0.15, -0.1) is 0 Å². The molecular formula is C10H9ClN4OS. The molecule has 3 N–H and O–H groups in total. The third kappa shape index (κ3) is 3.40. The lowest BCUT2D eigenvalue weighted by atomic mass is 10.3. The highest BCUT2D eigenvalue weighted by molar-refractivity contribution is 7.71. The van der Waals surface area contributed by atoms with E-state index >= 15 is 0 Å². The molecule has 88 valence electrons. The molecule has 1 heterocycles. The van der Waals surface area contributed by atoms with Crippen molar-refractivity contribution in [2.24, 2.45) is 0 Å². The van der Waals surface area contributed by atoms with E-state index in [-0.39, 0.29) is 17.3 Å². The van der Waals surface area contributed by atoms with E-state index in [0.717, 1.165) is 0 Å². The molecule has 17 heavy (non-hydrogen) atoms. The monoisotopic (exact) mass is 268 g/mol. The largest absolute Gasteiger partial charge is 0.486 e. The van der Waals surface area contributed by atoms with Crippen molar-refractivity contribution in [1.82, 2.24) is 15.0 Å². The Labute approximate surface area is 108 Å². The zero-order valence-electron chi connectivity index (χ0n) is 8.68. The topological polar surface area (TPSA) is 76.8 Å². The maximum absolute atomic E-state index is 5.76. The molecule has 0 unspecified atom stereocenters. The van der Waals surface area contributed by atoms with Crippen LogP contribution in [0, 0.1) is 4.77 Å². The molecule has 7 heteroatoms. The number of rotatable bonds is 3. The number of hydrogen-bond donors (Lipinski definition) is 2. The molecule has 0 aliphatic rings. The summed E-state index contributed by atoms with van der Waals surface area (Å²) in [7, 11) is 0. The standard InChI is InChI=1S/C10H9ClN4OS/c11-6-1-3-7(4-2-6)16-5-8-13-9(12)15-10(17)14-8/h1-4H,5H2,(H3,12,13,14,15,17). The van der Waals surface area contributed by atoms with Crippen LogP contribution in [0.25, 0.3) is 0 Å². The van der Waals surface area contributed by atoms with E-state index < -0.39 is 0 Å². The molecule has 0 saturated heterocycles. The first-order valence-electron chi connectivity index (χ1n) is 4.74. The Hall–Kier alpha value is -1.66. The highest BCUT2D eigenvalue weighted by Gasteiger charge is 2.00.